The standard InChI is InChI=1S/C20H18ClN5O4/c1-12-23-20(30-25-12)14-2-3-15(21)16(9-14)24-19(28)17-10-22-18-8-13(4-5-26(17)18)11-29-7-6-27/h2-5,8-10,27H,6-7,11H2,1H3,(H,24,28). The number of aryl methyl sites for hydroxylation is 1. The molecule has 4 aromatic rings. The monoisotopic (exact) mass is 427 g/mol. The van der Waals surface area contributed by atoms with E-state index in [2.05, 4.69) is 20.4 Å². The highest BCUT2D eigenvalue weighted by molar-refractivity contribution is 6.34. The van der Waals surface area contributed by atoms with E-state index in [1.165, 1.54) is 6.20 Å². The molecular weight excluding hydrogens is 410 g/mol. The molecule has 0 unspecified atom stereocenters. The summed E-state index contributed by atoms with van der Waals surface area (Å²) in [5.74, 6) is 0.482. The van der Waals surface area contributed by atoms with Gasteiger partial charge in [0.25, 0.3) is 11.8 Å². The fourth-order valence-corrected chi connectivity index (χ4v) is 3.05. The van der Waals surface area contributed by atoms with Crippen molar-refractivity contribution in [2.24, 2.45) is 0 Å². The summed E-state index contributed by atoms with van der Waals surface area (Å²) in [6, 6.07) is 8.71. The van der Waals surface area contributed by atoms with Crippen molar-refractivity contribution >= 4 is 28.8 Å². The maximum absolute atomic E-state index is 12.9. The third-order valence-electron chi connectivity index (χ3n) is 4.30. The summed E-state index contributed by atoms with van der Waals surface area (Å²) < 4.78 is 12.2. The van der Waals surface area contributed by atoms with Crippen LogP contribution in [0.5, 0.6) is 0 Å². The summed E-state index contributed by atoms with van der Waals surface area (Å²) in [5, 5.41) is 15.7. The summed E-state index contributed by atoms with van der Waals surface area (Å²) in [6.07, 6.45) is 3.23. The number of aromatic nitrogens is 4. The van der Waals surface area contributed by atoms with E-state index in [4.69, 9.17) is 26.0 Å². The first kappa shape index (κ1) is 20.0. The van der Waals surface area contributed by atoms with Crippen LogP contribution >= 0.6 is 11.6 Å². The average Bonchev–Trinajstić information content (AvgIpc) is 3.36. The number of nitrogens with zero attached hydrogens (tertiary/aromatic N) is 4. The van der Waals surface area contributed by atoms with Gasteiger partial charge in [-0.3, -0.25) is 9.20 Å². The lowest BCUT2D eigenvalue weighted by molar-refractivity contribution is 0.0815. The molecule has 0 aliphatic rings. The predicted molar refractivity (Wildman–Crippen MR) is 109 cm³/mol. The normalized spacial score (nSPS) is 11.2. The number of fused-ring (bicyclic) bond motifs is 1. The van der Waals surface area contributed by atoms with Gasteiger partial charge in [-0.2, -0.15) is 4.98 Å². The smallest absolute Gasteiger partial charge is 0.274 e. The first-order valence-electron chi connectivity index (χ1n) is 9.11. The summed E-state index contributed by atoms with van der Waals surface area (Å²) >= 11 is 6.26. The molecule has 10 heteroatoms. The molecule has 0 radical (unpaired) electrons. The largest absolute Gasteiger partial charge is 0.394 e. The number of hydrogen-bond donors (Lipinski definition) is 2. The maximum atomic E-state index is 12.9. The Bertz CT molecular complexity index is 1200. The van der Waals surface area contributed by atoms with Gasteiger partial charge in [-0.05, 0) is 42.8 Å². The third-order valence-corrected chi connectivity index (χ3v) is 4.63. The van der Waals surface area contributed by atoms with Crippen molar-refractivity contribution in [3.8, 4) is 11.5 Å². The summed E-state index contributed by atoms with van der Waals surface area (Å²) in [5.41, 5.74) is 2.90. The van der Waals surface area contributed by atoms with Gasteiger partial charge in [0.15, 0.2) is 5.82 Å². The number of carbonyl (C=O) groups is 1. The second-order valence-corrected chi connectivity index (χ2v) is 6.89. The van der Waals surface area contributed by atoms with Gasteiger partial charge in [0.05, 0.1) is 36.7 Å². The number of carbonyl (C=O) groups excluding carboxylic acids is 1. The Labute approximate surface area is 176 Å². The van der Waals surface area contributed by atoms with Gasteiger partial charge >= 0.3 is 0 Å². The molecule has 1 aromatic carbocycles. The zero-order chi connectivity index (χ0) is 21.1. The van der Waals surface area contributed by atoms with Crippen LogP contribution in [-0.2, 0) is 11.3 Å². The van der Waals surface area contributed by atoms with Crippen molar-refractivity contribution in [1.29, 1.82) is 0 Å². The lowest BCUT2D eigenvalue weighted by Gasteiger charge is -2.09. The minimum atomic E-state index is -0.368. The second-order valence-electron chi connectivity index (χ2n) is 6.48. The number of halogens is 1. The van der Waals surface area contributed by atoms with E-state index in [-0.39, 0.29) is 19.1 Å². The van der Waals surface area contributed by atoms with Gasteiger partial charge < -0.3 is 19.7 Å². The molecule has 0 bridgehead atoms. The van der Waals surface area contributed by atoms with Gasteiger partial charge in [0.1, 0.15) is 11.3 Å². The summed E-state index contributed by atoms with van der Waals surface area (Å²) in [6.45, 7) is 2.30. The highest BCUT2D eigenvalue weighted by Gasteiger charge is 2.16. The highest BCUT2D eigenvalue weighted by Crippen LogP contribution is 2.28. The van der Waals surface area contributed by atoms with E-state index in [0.29, 0.717) is 45.9 Å². The SMILES string of the molecule is Cc1noc(-c2ccc(Cl)c(NC(=O)c3cnc4cc(COCCO)ccn34)c2)n1. The molecule has 1 amide bonds. The van der Waals surface area contributed by atoms with Gasteiger partial charge in [0.2, 0.25) is 0 Å². The van der Waals surface area contributed by atoms with Gasteiger partial charge in [-0.1, -0.05) is 16.8 Å². The number of nitrogens with one attached hydrogen (secondary N) is 1. The Morgan fingerprint density at radius 2 is 2.20 bits per heavy atom. The van der Waals surface area contributed by atoms with Crippen LogP contribution in [0.4, 0.5) is 5.69 Å². The van der Waals surface area contributed by atoms with Crippen LogP contribution in [0.1, 0.15) is 21.9 Å². The minimum absolute atomic E-state index is 0.0359. The number of hydrogen-bond acceptors (Lipinski definition) is 7. The number of rotatable bonds is 7. The van der Waals surface area contributed by atoms with Gasteiger partial charge in [-0.15, -0.1) is 0 Å². The molecule has 30 heavy (non-hydrogen) atoms. The molecule has 4 rings (SSSR count). The molecule has 9 nitrogen and oxygen atoms in total. The molecule has 0 saturated heterocycles. The van der Waals surface area contributed by atoms with Crippen molar-refractivity contribution in [2.45, 2.75) is 13.5 Å². The first-order chi connectivity index (χ1) is 14.5. The van der Waals surface area contributed by atoms with Crippen LogP contribution in [0.3, 0.4) is 0 Å². The second kappa shape index (κ2) is 8.62. The Morgan fingerprint density at radius 1 is 1.33 bits per heavy atom. The number of aliphatic hydroxyl groups excluding tert-OH is 1. The first-order valence-corrected chi connectivity index (χ1v) is 9.49. The fourth-order valence-electron chi connectivity index (χ4n) is 2.89. The number of anilines is 1. The molecule has 0 saturated carbocycles. The molecule has 3 aromatic heterocycles. The number of aliphatic hydroxyl groups is 1. The molecule has 3 heterocycles. The van der Waals surface area contributed by atoms with E-state index in [0.717, 1.165) is 5.56 Å². The highest BCUT2D eigenvalue weighted by atomic mass is 35.5. The molecule has 154 valence electrons. The van der Waals surface area contributed by atoms with Crippen LogP contribution in [0, 0.1) is 6.92 Å². The van der Waals surface area contributed by atoms with E-state index < -0.39 is 0 Å². The van der Waals surface area contributed by atoms with Crippen LogP contribution in [0.2, 0.25) is 5.02 Å². The topological polar surface area (TPSA) is 115 Å². The number of ether oxygens (including phenoxy) is 1. The average molecular weight is 428 g/mol. The minimum Gasteiger partial charge on any atom is -0.394 e. The maximum Gasteiger partial charge on any atom is 0.274 e. The third kappa shape index (κ3) is 4.18. The molecular formula is C20H18ClN5O4. The van der Waals surface area contributed by atoms with E-state index in [1.54, 1.807) is 35.7 Å². The van der Waals surface area contributed by atoms with Crippen LogP contribution in [0.15, 0.2) is 47.2 Å². The Kier molecular flexibility index (Phi) is 5.75. The molecule has 2 N–H and O–H groups in total. The number of benzene rings is 1. The Hall–Kier alpha value is -3.27. The Morgan fingerprint density at radius 3 is 2.97 bits per heavy atom. The van der Waals surface area contributed by atoms with Crippen molar-refractivity contribution in [2.75, 3.05) is 18.5 Å². The quantitative estimate of drug-likeness (QED) is 0.435. The van der Waals surface area contributed by atoms with E-state index in [1.807, 2.05) is 12.1 Å². The van der Waals surface area contributed by atoms with Gasteiger partial charge in [-0.25, -0.2) is 4.98 Å². The van der Waals surface area contributed by atoms with Crippen molar-refractivity contribution in [3.63, 3.8) is 0 Å². The van der Waals surface area contributed by atoms with Gasteiger partial charge in [0, 0.05) is 11.8 Å². The van der Waals surface area contributed by atoms with Crippen molar-refractivity contribution in [3.05, 3.63) is 64.8 Å². The van der Waals surface area contributed by atoms with E-state index in [9.17, 15) is 4.79 Å². The Balaban J connectivity index is 1.56. The molecule has 0 aliphatic carbocycles. The zero-order valence-corrected chi connectivity index (χ0v) is 16.8. The molecule has 0 aliphatic heterocycles. The van der Waals surface area contributed by atoms with E-state index >= 15 is 0 Å². The number of amides is 1. The predicted octanol–water partition coefficient (Wildman–Crippen LogP) is 3.11. The summed E-state index contributed by atoms with van der Waals surface area (Å²) in [7, 11) is 0. The van der Waals surface area contributed by atoms with Crippen LogP contribution in [-0.4, -0.2) is 43.8 Å². The molecule has 0 fully saturated rings. The van der Waals surface area contributed by atoms with Crippen LogP contribution in [0.25, 0.3) is 17.1 Å². The lowest BCUT2D eigenvalue weighted by Crippen LogP contribution is -2.14. The lowest BCUT2D eigenvalue weighted by atomic mass is 10.2. The number of imidazole rings is 1. The fraction of sp³-hybridized carbons (Fsp3) is 0.200. The molecule has 0 atom stereocenters. The van der Waals surface area contributed by atoms with Crippen molar-refractivity contribution in [1.82, 2.24) is 19.5 Å². The van der Waals surface area contributed by atoms with Crippen LogP contribution < -0.4 is 5.32 Å². The molecule has 0 spiro atoms. The summed E-state index contributed by atoms with van der Waals surface area (Å²) in [4.78, 5) is 21.3. The van der Waals surface area contributed by atoms with Crippen molar-refractivity contribution < 1.29 is 19.2 Å². The zero-order valence-electron chi connectivity index (χ0n) is 16.0. The number of pyridine rings is 1.